The number of hydrogen-bond donors (Lipinski definition) is 0. The zero-order valence-electron chi connectivity index (χ0n) is 11.8. The van der Waals surface area contributed by atoms with Crippen LogP contribution in [0.2, 0.25) is 6.04 Å². The third kappa shape index (κ3) is 1.96. The lowest BCUT2D eigenvalue weighted by Crippen LogP contribution is -2.87. The van der Waals surface area contributed by atoms with Gasteiger partial charge in [-0.3, -0.25) is 0 Å². The van der Waals surface area contributed by atoms with E-state index >= 15 is 0 Å². The van der Waals surface area contributed by atoms with Crippen molar-refractivity contribution in [3.8, 4) is 0 Å². The quantitative estimate of drug-likeness (QED) is 0.633. The normalized spacial score (nSPS) is 25.0. The average molecular weight is 315 g/mol. The molecule has 0 amide bonds. The number of hydrogen-bond acceptors (Lipinski definition) is 7. The van der Waals surface area contributed by atoms with E-state index < -0.39 is 24.0 Å². The van der Waals surface area contributed by atoms with Crippen LogP contribution in [0.5, 0.6) is 0 Å². The predicted octanol–water partition coefficient (Wildman–Crippen LogP) is -0.125. The first-order valence-corrected chi connectivity index (χ1v) is 13.1. The van der Waals surface area contributed by atoms with Gasteiger partial charge in [-0.25, -0.2) is 0 Å². The summed E-state index contributed by atoms with van der Waals surface area (Å²) in [5.74, 6) is 0. The van der Waals surface area contributed by atoms with E-state index in [9.17, 15) is 0 Å². The van der Waals surface area contributed by atoms with Crippen LogP contribution < -0.4 is 0 Å². The molecule has 108 valence electrons. The highest BCUT2D eigenvalue weighted by molar-refractivity contribution is 7.59. The molecule has 18 heavy (non-hydrogen) atoms. The van der Waals surface area contributed by atoms with Crippen molar-refractivity contribution in [1.82, 2.24) is 0 Å². The van der Waals surface area contributed by atoms with Crippen molar-refractivity contribution in [3.05, 3.63) is 0 Å². The molecule has 1 fully saturated rings. The van der Waals surface area contributed by atoms with Crippen molar-refractivity contribution in [2.24, 2.45) is 0 Å². The van der Waals surface area contributed by atoms with Crippen LogP contribution in [0, 0.1) is 0 Å². The molecule has 0 spiro atoms. The van der Waals surface area contributed by atoms with E-state index in [1.54, 1.807) is 42.7 Å². The highest BCUT2D eigenvalue weighted by atomic mass is 29.7. The van der Waals surface area contributed by atoms with Crippen LogP contribution in [-0.4, -0.2) is 73.3 Å². The topological polar surface area (TPSA) is 64.6 Å². The summed E-state index contributed by atoms with van der Waals surface area (Å²) in [5, 5.41) is 0. The summed E-state index contributed by atoms with van der Waals surface area (Å²) in [7, 11) is 0.662. The average Bonchev–Trinajstić information content (AvgIpc) is 2.45. The predicted molar refractivity (Wildman–Crippen MR) is 70.1 cm³/mol. The monoisotopic (exact) mass is 314 g/mol. The zero-order chi connectivity index (χ0) is 13.9. The Kier molecular flexibility index (Phi) is 5.67. The maximum Gasteiger partial charge on any atom is 0.540 e. The summed E-state index contributed by atoms with van der Waals surface area (Å²) >= 11 is 0. The van der Waals surface area contributed by atoms with Gasteiger partial charge >= 0.3 is 24.0 Å². The summed E-state index contributed by atoms with van der Waals surface area (Å²) in [6.45, 7) is 0.462. The molecule has 0 saturated carbocycles. The molecular weight excluding hydrogens is 292 g/mol. The zero-order valence-corrected chi connectivity index (χ0v) is 14.8. The van der Waals surface area contributed by atoms with Gasteiger partial charge in [-0.05, 0) is 0 Å². The van der Waals surface area contributed by atoms with E-state index in [1.807, 2.05) is 0 Å². The fourth-order valence-electron chi connectivity index (χ4n) is 2.48. The Balaban J connectivity index is 3.37. The van der Waals surface area contributed by atoms with Crippen LogP contribution in [0.1, 0.15) is 0 Å². The Morgan fingerprint density at radius 3 is 1.56 bits per heavy atom. The molecule has 1 saturated heterocycles. The summed E-state index contributed by atoms with van der Waals surface area (Å²) in [4.78, 5) is 0. The molecule has 0 aromatic heterocycles. The second-order valence-electron chi connectivity index (χ2n) is 3.75. The molecule has 0 aromatic rings. The second-order valence-corrected chi connectivity index (χ2v) is 20.4. The molecule has 7 nitrogen and oxygen atoms in total. The molecule has 1 rings (SSSR count). The largest absolute Gasteiger partial charge is 0.540 e. The summed E-state index contributed by atoms with van der Waals surface area (Å²) < 4.78 is 39.8. The Hall–Kier alpha value is 0.371. The molecule has 0 unspecified atom stereocenters. The van der Waals surface area contributed by atoms with E-state index in [0.717, 1.165) is 0 Å². The highest BCUT2D eigenvalue weighted by Gasteiger charge is 2.83. The van der Waals surface area contributed by atoms with E-state index in [2.05, 4.69) is 0 Å². The first kappa shape index (κ1) is 16.4. The lowest BCUT2D eigenvalue weighted by atomic mass is 10.9. The molecule has 0 bridgehead atoms. The Morgan fingerprint density at radius 1 is 0.722 bits per heavy atom. The summed E-state index contributed by atoms with van der Waals surface area (Å²) in [6.07, 6.45) is 0. The van der Waals surface area contributed by atoms with Gasteiger partial charge in [0, 0.05) is 55.3 Å². The SMILES string of the molecule is CO[Si]1(OC)CCO[Si](OC)(OC)[Si]1(OC)OC. The van der Waals surface area contributed by atoms with Crippen LogP contribution in [0.4, 0.5) is 0 Å². The number of rotatable bonds is 6. The van der Waals surface area contributed by atoms with Gasteiger partial charge in [0.15, 0.2) is 0 Å². The van der Waals surface area contributed by atoms with Crippen molar-refractivity contribution in [2.45, 2.75) is 6.04 Å². The molecule has 1 aliphatic heterocycles. The van der Waals surface area contributed by atoms with Gasteiger partial charge in [0.2, 0.25) is 0 Å². The van der Waals surface area contributed by atoms with Gasteiger partial charge in [-0.2, -0.15) is 0 Å². The van der Waals surface area contributed by atoms with Gasteiger partial charge in [0.25, 0.3) is 0 Å². The van der Waals surface area contributed by atoms with Gasteiger partial charge in [0.05, 0.1) is 0 Å². The minimum Gasteiger partial charge on any atom is -0.397 e. The van der Waals surface area contributed by atoms with Crippen molar-refractivity contribution in [3.63, 3.8) is 0 Å². The van der Waals surface area contributed by atoms with Crippen molar-refractivity contribution in [2.75, 3.05) is 49.3 Å². The Labute approximate surface area is 111 Å². The van der Waals surface area contributed by atoms with Crippen molar-refractivity contribution in [1.29, 1.82) is 0 Å². The second kappa shape index (κ2) is 6.21. The standard InChI is InChI=1S/C8H22O7Si3/c1-9-16(10-2)8-7-15-17(11-3,12-4)18(16,13-5)14-6/h7-8H2,1-6H3. The van der Waals surface area contributed by atoms with Crippen LogP contribution in [-0.2, 0) is 31.0 Å². The van der Waals surface area contributed by atoms with E-state index in [4.69, 9.17) is 31.0 Å². The van der Waals surface area contributed by atoms with Crippen LogP contribution >= 0.6 is 0 Å². The van der Waals surface area contributed by atoms with Gasteiger partial charge in [-0.1, -0.05) is 0 Å². The Bertz CT molecular complexity index is 243. The van der Waals surface area contributed by atoms with Crippen molar-refractivity contribution >= 4 is 24.0 Å². The highest BCUT2D eigenvalue weighted by Crippen LogP contribution is 2.38. The van der Waals surface area contributed by atoms with Crippen LogP contribution in [0.15, 0.2) is 0 Å². The summed E-state index contributed by atoms with van der Waals surface area (Å²) in [5.41, 5.74) is 0. The molecule has 1 heterocycles. The van der Waals surface area contributed by atoms with Gasteiger partial charge < -0.3 is 31.0 Å². The molecule has 0 atom stereocenters. The van der Waals surface area contributed by atoms with Gasteiger partial charge in [0.1, 0.15) is 0 Å². The smallest absolute Gasteiger partial charge is 0.397 e. The minimum atomic E-state index is -3.08. The maximum absolute atomic E-state index is 5.80. The summed E-state index contributed by atoms with van der Waals surface area (Å²) in [6, 6.07) is 0.634. The molecule has 0 N–H and O–H groups in total. The molecule has 10 heteroatoms. The third-order valence-corrected chi connectivity index (χ3v) is 27.9. The lowest BCUT2D eigenvalue weighted by Gasteiger charge is -2.49. The molecule has 0 aliphatic carbocycles. The molecular formula is C8H22O7Si3. The third-order valence-electron chi connectivity index (χ3n) is 3.40. The first-order valence-electron chi connectivity index (χ1n) is 5.52. The fraction of sp³-hybridized carbons (Fsp3) is 1.00. The molecule has 0 radical (unpaired) electrons. The van der Waals surface area contributed by atoms with Gasteiger partial charge in [-0.15, -0.1) is 0 Å². The van der Waals surface area contributed by atoms with E-state index in [-0.39, 0.29) is 0 Å². The van der Waals surface area contributed by atoms with E-state index in [0.29, 0.717) is 12.7 Å². The molecule has 0 aromatic carbocycles. The maximum atomic E-state index is 5.80. The lowest BCUT2D eigenvalue weighted by molar-refractivity contribution is 0.0842. The van der Waals surface area contributed by atoms with Crippen molar-refractivity contribution < 1.29 is 31.0 Å². The minimum absolute atomic E-state index is 0.462. The Morgan fingerprint density at radius 2 is 1.22 bits per heavy atom. The van der Waals surface area contributed by atoms with E-state index in [1.165, 1.54) is 0 Å². The fourth-order valence-corrected chi connectivity index (χ4v) is 27.6. The van der Waals surface area contributed by atoms with Crippen LogP contribution in [0.3, 0.4) is 0 Å². The molecule has 1 aliphatic rings. The first-order chi connectivity index (χ1) is 8.57. The van der Waals surface area contributed by atoms with Crippen LogP contribution in [0.25, 0.3) is 0 Å².